The molecule has 0 unspecified atom stereocenters. The van der Waals surface area contributed by atoms with Gasteiger partial charge in [0.05, 0.1) is 6.20 Å². The van der Waals surface area contributed by atoms with Gasteiger partial charge in [-0.05, 0) is 19.9 Å². The molecule has 6 nitrogen and oxygen atoms in total. The Balaban J connectivity index is 2.12. The van der Waals surface area contributed by atoms with Crippen molar-refractivity contribution < 1.29 is 22.7 Å². The summed E-state index contributed by atoms with van der Waals surface area (Å²) in [6.45, 7) is 3.25. The molecule has 2 aromatic rings. The number of pyridine rings is 1. The molecule has 0 aromatic carbocycles. The minimum atomic E-state index is -4.53. The number of ether oxygens (including phenoxy) is 1. The standard InChI is InChI=1S/C15H17F3N4O2/c1-9(2)20-14(23)11-5-4-6-12(21-11)24-8-10-7-19-22(3)13(10)15(16,17)18/h4-7,9H,8H2,1-3H3,(H,20,23). The molecule has 2 rings (SSSR count). The third-order valence-corrected chi connectivity index (χ3v) is 3.03. The van der Waals surface area contributed by atoms with E-state index in [4.69, 9.17) is 4.74 Å². The lowest BCUT2D eigenvalue weighted by molar-refractivity contribution is -0.144. The van der Waals surface area contributed by atoms with Crippen LogP contribution in [0.4, 0.5) is 13.2 Å². The first-order chi connectivity index (χ1) is 11.2. The monoisotopic (exact) mass is 342 g/mol. The summed E-state index contributed by atoms with van der Waals surface area (Å²) in [7, 11) is 1.21. The first kappa shape index (κ1) is 17.8. The van der Waals surface area contributed by atoms with Gasteiger partial charge in [-0.2, -0.15) is 18.3 Å². The van der Waals surface area contributed by atoms with Gasteiger partial charge >= 0.3 is 6.18 Å². The Kier molecular flexibility index (Phi) is 5.10. The Morgan fingerprint density at radius 3 is 2.71 bits per heavy atom. The number of rotatable bonds is 5. The fourth-order valence-electron chi connectivity index (χ4n) is 2.06. The Morgan fingerprint density at radius 2 is 2.08 bits per heavy atom. The molecule has 1 N–H and O–H groups in total. The molecular formula is C15H17F3N4O2. The average Bonchev–Trinajstić information content (AvgIpc) is 2.86. The van der Waals surface area contributed by atoms with Crippen LogP contribution in [0.25, 0.3) is 0 Å². The highest BCUT2D eigenvalue weighted by molar-refractivity contribution is 5.92. The lowest BCUT2D eigenvalue weighted by Crippen LogP contribution is -2.30. The summed E-state index contributed by atoms with van der Waals surface area (Å²) in [4.78, 5) is 15.9. The topological polar surface area (TPSA) is 69.0 Å². The molecular weight excluding hydrogens is 325 g/mol. The van der Waals surface area contributed by atoms with Gasteiger partial charge in [-0.3, -0.25) is 9.48 Å². The average molecular weight is 342 g/mol. The Morgan fingerprint density at radius 1 is 1.38 bits per heavy atom. The summed E-state index contributed by atoms with van der Waals surface area (Å²) >= 11 is 0. The van der Waals surface area contributed by atoms with Gasteiger partial charge in [0.2, 0.25) is 5.88 Å². The molecule has 0 atom stereocenters. The lowest BCUT2D eigenvalue weighted by Gasteiger charge is -2.11. The number of halogens is 3. The second-order valence-corrected chi connectivity index (χ2v) is 5.42. The molecule has 2 aromatic heterocycles. The van der Waals surface area contributed by atoms with Gasteiger partial charge in [-0.15, -0.1) is 0 Å². The maximum Gasteiger partial charge on any atom is 0.433 e. The number of aromatic nitrogens is 3. The molecule has 0 saturated carbocycles. The Bertz CT molecular complexity index is 726. The van der Waals surface area contributed by atoms with Crippen LogP contribution in [0.1, 0.15) is 35.6 Å². The molecule has 2 heterocycles. The summed E-state index contributed by atoms with van der Waals surface area (Å²) < 4.78 is 45.0. The fraction of sp³-hybridized carbons (Fsp3) is 0.400. The Hall–Kier alpha value is -2.58. The van der Waals surface area contributed by atoms with E-state index in [2.05, 4.69) is 15.4 Å². The molecule has 0 spiro atoms. The molecule has 1 amide bonds. The highest BCUT2D eigenvalue weighted by Gasteiger charge is 2.37. The molecule has 0 saturated heterocycles. The highest BCUT2D eigenvalue weighted by Crippen LogP contribution is 2.31. The second-order valence-electron chi connectivity index (χ2n) is 5.42. The zero-order valence-electron chi connectivity index (χ0n) is 13.4. The van der Waals surface area contributed by atoms with Gasteiger partial charge in [0, 0.05) is 24.7 Å². The van der Waals surface area contributed by atoms with E-state index in [9.17, 15) is 18.0 Å². The van der Waals surface area contributed by atoms with E-state index in [0.717, 1.165) is 10.9 Å². The van der Waals surface area contributed by atoms with Crippen LogP contribution in [0, 0.1) is 0 Å². The van der Waals surface area contributed by atoms with Gasteiger partial charge < -0.3 is 10.1 Å². The molecule has 9 heteroatoms. The minimum absolute atomic E-state index is 0.0587. The van der Waals surface area contributed by atoms with E-state index in [0.29, 0.717) is 0 Å². The van der Waals surface area contributed by atoms with Gasteiger partial charge in [0.25, 0.3) is 5.91 Å². The molecule has 0 aliphatic heterocycles. The van der Waals surface area contributed by atoms with E-state index < -0.39 is 11.9 Å². The van der Waals surface area contributed by atoms with Crippen molar-refractivity contribution in [2.24, 2.45) is 7.05 Å². The van der Waals surface area contributed by atoms with Crippen LogP contribution in [0.3, 0.4) is 0 Å². The third kappa shape index (κ3) is 4.24. The zero-order valence-corrected chi connectivity index (χ0v) is 13.4. The number of nitrogens with zero attached hydrogens (tertiary/aromatic N) is 3. The van der Waals surface area contributed by atoms with Crippen molar-refractivity contribution in [3.63, 3.8) is 0 Å². The van der Waals surface area contributed by atoms with Crippen LogP contribution in [0.15, 0.2) is 24.4 Å². The van der Waals surface area contributed by atoms with Crippen LogP contribution in [0.5, 0.6) is 5.88 Å². The summed E-state index contributed by atoms with van der Waals surface area (Å²) in [6.07, 6.45) is -3.44. The normalized spacial score (nSPS) is 11.6. The molecule has 24 heavy (non-hydrogen) atoms. The van der Waals surface area contributed by atoms with Crippen LogP contribution in [0.2, 0.25) is 0 Å². The molecule has 130 valence electrons. The number of nitrogens with one attached hydrogen (secondary N) is 1. The third-order valence-electron chi connectivity index (χ3n) is 3.03. The van der Waals surface area contributed by atoms with Crippen LogP contribution >= 0.6 is 0 Å². The second kappa shape index (κ2) is 6.90. The number of carbonyl (C=O) groups excluding carboxylic acids is 1. The predicted octanol–water partition coefficient (Wildman–Crippen LogP) is 2.55. The minimum Gasteiger partial charge on any atom is -0.473 e. The molecule has 0 aliphatic rings. The first-order valence-electron chi connectivity index (χ1n) is 7.17. The quantitative estimate of drug-likeness (QED) is 0.907. The predicted molar refractivity (Wildman–Crippen MR) is 79.4 cm³/mol. The lowest BCUT2D eigenvalue weighted by atomic mass is 10.2. The number of hydrogen-bond donors (Lipinski definition) is 1. The van der Waals surface area contributed by atoms with E-state index in [-0.39, 0.29) is 35.7 Å². The summed E-state index contributed by atoms with van der Waals surface area (Å²) in [5.74, 6) is -0.323. The van der Waals surface area contributed by atoms with Gasteiger partial charge in [-0.1, -0.05) is 6.07 Å². The number of hydrogen-bond acceptors (Lipinski definition) is 4. The van der Waals surface area contributed by atoms with Crippen molar-refractivity contribution in [1.82, 2.24) is 20.1 Å². The first-order valence-corrected chi connectivity index (χ1v) is 7.17. The molecule has 0 bridgehead atoms. The summed E-state index contributed by atoms with van der Waals surface area (Å²) in [5, 5.41) is 6.28. The fourth-order valence-corrected chi connectivity index (χ4v) is 2.06. The SMILES string of the molecule is CC(C)NC(=O)c1cccc(OCc2cnn(C)c2C(F)(F)F)n1. The molecule has 0 fully saturated rings. The highest BCUT2D eigenvalue weighted by atomic mass is 19.4. The molecule has 0 radical (unpaired) electrons. The van der Waals surface area contributed by atoms with E-state index >= 15 is 0 Å². The number of carbonyl (C=O) groups is 1. The smallest absolute Gasteiger partial charge is 0.433 e. The van der Waals surface area contributed by atoms with Crippen molar-refractivity contribution in [1.29, 1.82) is 0 Å². The van der Waals surface area contributed by atoms with Crippen molar-refractivity contribution in [3.05, 3.63) is 41.3 Å². The van der Waals surface area contributed by atoms with Gasteiger partial charge in [0.1, 0.15) is 18.0 Å². The van der Waals surface area contributed by atoms with Crippen molar-refractivity contribution >= 4 is 5.91 Å². The van der Waals surface area contributed by atoms with Gasteiger partial charge in [0.15, 0.2) is 0 Å². The summed E-state index contributed by atoms with van der Waals surface area (Å²) in [5.41, 5.74) is -0.858. The van der Waals surface area contributed by atoms with Gasteiger partial charge in [-0.25, -0.2) is 4.98 Å². The largest absolute Gasteiger partial charge is 0.473 e. The molecule has 0 aliphatic carbocycles. The maximum atomic E-state index is 13.0. The van der Waals surface area contributed by atoms with Crippen LogP contribution < -0.4 is 10.1 Å². The maximum absolute atomic E-state index is 13.0. The van der Waals surface area contributed by atoms with E-state index in [1.165, 1.54) is 19.2 Å². The van der Waals surface area contributed by atoms with Crippen molar-refractivity contribution in [2.75, 3.05) is 0 Å². The van der Waals surface area contributed by atoms with E-state index in [1.54, 1.807) is 19.9 Å². The van der Waals surface area contributed by atoms with Crippen molar-refractivity contribution in [2.45, 2.75) is 32.7 Å². The number of aryl methyl sites for hydroxylation is 1. The van der Waals surface area contributed by atoms with Crippen LogP contribution in [-0.2, 0) is 19.8 Å². The number of alkyl halides is 3. The number of amides is 1. The summed E-state index contributed by atoms with van der Waals surface area (Å²) in [6, 6.07) is 4.45. The van der Waals surface area contributed by atoms with Crippen molar-refractivity contribution in [3.8, 4) is 5.88 Å². The zero-order chi connectivity index (χ0) is 17.9. The Labute approximate surface area is 136 Å². The van der Waals surface area contributed by atoms with Crippen LogP contribution in [-0.4, -0.2) is 26.7 Å². The van der Waals surface area contributed by atoms with E-state index in [1.807, 2.05) is 0 Å².